The maximum absolute atomic E-state index is 12.4. The summed E-state index contributed by atoms with van der Waals surface area (Å²) in [6.07, 6.45) is 1.40. The molecule has 21 heavy (non-hydrogen) atoms. The van der Waals surface area contributed by atoms with Gasteiger partial charge in [0.1, 0.15) is 11.6 Å². The predicted molar refractivity (Wildman–Crippen MR) is 75.8 cm³/mol. The van der Waals surface area contributed by atoms with Gasteiger partial charge in [-0.05, 0) is 25.2 Å². The maximum atomic E-state index is 12.4. The Hall–Kier alpha value is -1.79. The monoisotopic (exact) mass is 300 g/mol. The summed E-state index contributed by atoms with van der Waals surface area (Å²) in [6, 6.07) is -1.31. The number of urea groups is 1. The first kappa shape index (κ1) is 17.3. The predicted octanol–water partition coefficient (Wildman–Crippen LogP) is 1.22. The lowest BCUT2D eigenvalue weighted by molar-refractivity contribution is -0.148. The zero-order chi connectivity index (χ0) is 16.2. The van der Waals surface area contributed by atoms with E-state index in [4.69, 9.17) is 0 Å². The average molecular weight is 300 g/mol. The molecule has 120 valence electrons. The van der Waals surface area contributed by atoms with Gasteiger partial charge in [-0.2, -0.15) is 0 Å². The quantitative estimate of drug-likeness (QED) is 0.744. The highest BCUT2D eigenvalue weighted by molar-refractivity contribution is 5.89. The van der Waals surface area contributed by atoms with Gasteiger partial charge in [0.05, 0.1) is 7.11 Å². The first-order chi connectivity index (χ1) is 9.80. The fraction of sp³-hybridized carbons (Fsp3) is 0.786. The van der Waals surface area contributed by atoms with Crippen LogP contribution in [-0.2, 0) is 14.3 Å². The molecule has 2 atom stereocenters. The van der Waals surface area contributed by atoms with Gasteiger partial charge in [0.2, 0.25) is 0 Å². The van der Waals surface area contributed by atoms with Crippen LogP contribution in [0, 0.1) is 5.92 Å². The van der Waals surface area contributed by atoms with Gasteiger partial charge in [0.15, 0.2) is 0 Å². The van der Waals surface area contributed by atoms with Gasteiger partial charge in [-0.15, -0.1) is 0 Å². The Morgan fingerprint density at radius 2 is 2.00 bits per heavy atom. The Kier molecular flexibility index (Phi) is 5.57. The number of carbonyl (C=O) groups excluding carboxylic acids is 2. The van der Waals surface area contributed by atoms with E-state index in [1.165, 1.54) is 12.0 Å². The van der Waals surface area contributed by atoms with Gasteiger partial charge in [-0.25, -0.2) is 14.4 Å². The minimum absolute atomic E-state index is 0.148. The fourth-order valence-electron chi connectivity index (χ4n) is 2.75. The van der Waals surface area contributed by atoms with Crippen LogP contribution < -0.4 is 5.32 Å². The Morgan fingerprint density at radius 1 is 1.38 bits per heavy atom. The number of amides is 2. The Morgan fingerprint density at radius 3 is 2.43 bits per heavy atom. The molecule has 0 aromatic rings. The van der Waals surface area contributed by atoms with Crippen molar-refractivity contribution in [3.63, 3.8) is 0 Å². The van der Waals surface area contributed by atoms with Gasteiger partial charge >= 0.3 is 18.0 Å². The smallest absolute Gasteiger partial charge is 0.329 e. The zero-order valence-electron chi connectivity index (χ0n) is 13.0. The third-order valence-electron chi connectivity index (χ3n) is 4.12. The second kappa shape index (κ2) is 6.78. The maximum Gasteiger partial charge on any atom is 0.329 e. The second-order valence-electron chi connectivity index (χ2n) is 5.64. The van der Waals surface area contributed by atoms with Crippen molar-refractivity contribution in [3.8, 4) is 0 Å². The number of nitrogens with one attached hydrogen (secondary N) is 1. The molecule has 7 heteroatoms. The van der Waals surface area contributed by atoms with Crippen molar-refractivity contribution in [3.05, 3.63) is 0 Å². The van der Waals surface area contributed by atoms with Crippen molar-refractivity contribution < 1.29 is 24.2 Å². The van der Waals surface area contributed by atoms with Crippen LogP contribution in [-0.4, -0.2) is 53.2 Å². The molecule has 7 nitrogen and oxygen atoms in total. The van der Waals surface area contributed by atoms with Gasteiger partial charge in [0, 0.05) is 6.54 Å². The lowest BCUT2D eigenvalue weighted by atomic mass is 9.93. The standard InChI is InChI=1S/C14H24N2O5/c1-5-14(12(18)19)7-6-8-16(14)13(20)15-10(9(2)3)11(17)21-4/h9-10H,5-8H2,1-4H3,(H,15,20)(H,18,19). The number of aliphatic carboxylic acids is 1. The molecule has 0 aromatic carbocycles. The molecule has 0 aliphatic carbocycles. The first-order valence-electron chi connectivity index (χ1n) is 7.19. The molecule has 1 aliphatic rings. The molecule has 2 N–H and O–H groups in total. The first-order valence-corrected chi connectivity index (χ1v) is 7.19. The van der Waals surface area contributed by atoms with E-state index in [0.29, 0.717) is 25.8 Å². The lowest BCUT2D eigenvalue weighted by Crippen LogP contribution is -2.58. The van der Waals surface area contributed by atoms with Crippen molar-refractivity contribution in [2.75, 3.05) is 13.7 Å². The molecule has 1 aliphatic heterocycles. The van der Waals surface area contributed by atoms with E-state index in [1.54, 1.807) is 20.8 Å². The van der Waals surface area contributed by atoms with E-state index in [1.807, 2.05) is 0 Å². The van der Waals surface area contributed by atoms with Gasteiger partial charge in [-0.1, -0.05) is 20.8 Å². The lowest BCUT2D eigenvalue weighted by Gasteiger charge is -2.35. The van der Waals surface area contributed by atoms with Crippen molar-refractivity contribution >= 4 is 18.0 Å². The van der Waals surface area contributed by atoms with Crippen LogP contribution in [0.2, 0.25) is 0 Å². The summed E-state index contributed by atoms with van der Waals surface area (Å²) in [4.78, 5) is 37.0. The van der Waals surface area contributed by atoms with Gasteiger partial charge in [-0.3, -0.25) is 0 Å². The molecule has 0 bridgehead atoms. The summed E-state index contributed by atoms with van der Waals surface area (Å²) in [7, 11) is 1.26. The summed E-state index contributed by atoms with van der Waals surface area (Å²) in [5, 5.41) is 12.1. The third kappa shape index (κ3) is 3.28. The van der Waals surface area contributed by atoms with Crippen molar-refractivity contribution in [2.45, 2.75) is 51.6 Å². The number of carboxylic acids is 1. The van der Waals surface area contributed by atoms with Crippen molar-refractivity contribution in [2.24, 2.45) is 5.92 Å². The summed E-state index contributed by atoms with van der Waals surface area (Å²) in [5.74, 6) is -1.68. The molecule has 1 rings (SSSR count). The number of carboxylic acid groups (broad SMARTS) is 1. The highest BCUT2D eigenvalue weighted by Crippen LogP contribution is 2.32. The molecular formula is C14H24N2O5. The minimum Gasteiger partial charge on any atom is -0.479 e. The van der Waals surface area contributed by atoms with E-state index < -0.39 is 29.6 Å². The molecule has 1 heterocycles. The fourth-order valence-corrected chi connectivity index (χ4v) is 2.75. The molecular weight excluding hydrogens is 276 g/mol. The number of hydrogen-bond acceptors (Lipinski definition) is 4. The highest BCUT2D eigenvalue weighted by Gasteiger charge is 2.49. The molecule has 0 saturated carbocycles. The largest absolute Gasteiger partial charge is 0.479 e. The van der Waals surface area contributed by atoms with Crippen LogP contribution in [0.3, 0.4) is 0 Å². The number of methoxy groups -OCH3 is 1. The SMILES string of the molecule is CCC1(C(=O)O)CCCN1C(=O)NC(C(=O)OC)C(C)C. The molecule has 1 saturated heterocycles. The van der Waals surface area contributed by atoms with Crippen LogP contribution in [0.25, 0.3) is 0 Å². The molecule has 1 fully saturated rings. The Balaban J connectivity index is 2.91. The summed E-state index contributed by atoms with van der Waals surface area (Å²) < 4.78 is 4.67. The van der Waals surface area contributed by atoms with Gasteiger partial charge in [0.25, 0.3) is 0 Å². The molecule has 0 spiro atoms. The Labute approximate surface area is 124 Å². The highest BCUT2D eigenvalue weighted by atomic mass is 16.5. The van der Waals surface area contributed by atoms with Gasteiger partial charge < -0.3 is 20.1 Å². The Bertz CT molecular complexity index is 424. The van der Waals surface area contributed by atoms with Crippen molar-refractivity contribution in [1.82, 2.24) is 10.2 Å². The number of carbonyl (C=O) groups is 3. The molecule has 0 radical (unpaired) electrons. The summed E-state index contributed by atoms with van der Waals surface area (Å²) >= 11 is 0. The van der Waals surface area contributed by atoms with Crippen LogP contribution >= 0.6 is 0 Å². The van der Waals surface area contributed by atoms with E-state index in [2.05, 4.69) is 10.1 Å². The number of hydrogen-bond donors (Lipinski definition) is 2. The van der Waals surface area contributed by atoms with Crippen LogP contribution in [0.15, 0.2) is 0 Å². The number of nitrogens with zero attached hydrogens (tertiary/aromatic N) is 1. The summed E-state index contributed by atoms with van der Waals surface area (Å²) in [6.45, 7) is 5.70. The molecule has 2 amide bonds. The number of esters is 1. The number of rotatable bonds is 5. The normalized spacial score (nSPS) is 23.0. The van der Waals surface area contributed by atoms with Crippen molar-refractivity contribution in [1.29, 1.82) is 0 Å². The third-order valence-corrected chi connectivity index (χ3v) is 4.12. The summed E-state index contributed by atoms with van der Waals surface area (Å²) in [5.41, 5.74) is -1.18. The molecule has 2 unspecified atom stereocenters. The van der Waals surface area contributed by atoms with Crippen LogP contribution in [0.4, 0.5) is 4.79 Å². The number of likely N-dealkylation sites (tertiary alicyclic amines) is 1. The van der Waals surface area contributed by atoms with E-state index in [9.17, 15) is 19.5 Å². The average Bonchev–Trinajstić information content (AvgIpc) is 2.88. The van der Waals surface area contributed by atoms with E-state index >= 15 is 0 Å². The zero-order valence-corrected chi connectivity index (χ0v) is 13.0. The minimum atomic E-state index is -1.18. The second-order valence-corrected chi connectivity index (χ2v) is 5.64. The van der Waals surface area contributed by atoms with Crippen LogP contribution in [0.1, 0.15) is 40.0 Å². The molecule has 0 aromatic heterocycles. The van der Waals surface area contributed by atoms with E-state index in [-0.39, 0.29) is 5.92 Å². The van der Waals surface area contributed by atoms with E-state index in [0.717, 1.165) is 0 Å². The number of ether oxygens (including phenoxy) is 1. The van der Waals surface area contributed by atoms with Crippen LogP contribution in [0.5, 0.6) is 0 Å². The topological polar surface area (TPSA) is 95.9 Å².